The third-order valence-electron chi connectivity index (χ3n) is 5.49. The molecule has 0 atom stereocenters. The summed E-state index contributed by atoms with van der Waals surface area (Å²) in [7, 11) is -3.49. The largest absolute Gasteiger partial charge is 0.336 e. The smallest absolute Gasteiger partial charge is 0.256 e. The Morgan fingerprint density at radius 1 is 1.00 bits per heavy atom. The molecule has 0 saturated carbocycles. The summed E-state index contributed by atoms with van der Waals surface area (Å²) in [5.41, 5.74) is 2.89. The maximum atomic E-state index is 14.2. The van der Waals surface area contributed by atoms with E-state index in [2.05, 4.69) is 9.97 Å². The second kappa shape index (κ2) is 8.32. The van der Waals surface area contributed by atoms with Crippen LogP contribution in [0.2, 0.25) is 0 Å². The van der Waals surface area contributed by atoms with Crippen LogP contribution in [0, 0.1) is 19.7 Å². The highest BCUT2D eigenvalue weighted by Gasteiger charge is 2.30. The maximum absolute atomic E-state index is 14.2. The number of halogens is 1. The van der Waals surface area contributed by atoms with Crippen LogP contribution in [0.15, 0.2) is 42.5 Å². The van der Waals surface area contributed by atoms with Crippen LogP contribution in [0.1, 0.15) is 27.3 Å². The zero-order valence-electron chi connectivity index (χ0n) is 17.4. The number of aryl methyl sites for hydroxylation is 2. The maximum Gasteiger partial charge on any atom is 0.256 e. The first kappa shape index (κ1) is 21.3. The topological polar surface area (TPSA) is 83.5 Å². The minimum absolute atomic E-state index is 0.0788. The number of fused-ring (bicyclic) bond motifs is 1. The van der Waals surface area contributed by atoms with E-state index in [1.54, 1.807) is 43.0 Å². The molecular formula is C22H23FN4O3S. The highest BCUT2D eigenvalue weighted by atomic mass is 32.2. The number of piperazine rings is 1. The fourth-order valence-electron chi connectivity index (χ4n) is 3.68. The van der Waals surface area contributed by atoms with Crippen molar-refractivity contribution in [3.8, 4) is 0 Å². The first-order chi connectivity index (χ1) is 14.7. The van der Waals surface area contributed by atoms with Crippen LogP contribution in [-0.2, 0) is 15.8 Å². The van der Waals surface area contributed by atoms with Gasteiger partial charge in [-0.3, -0.25) is 4.79 Å². The lowest BCUT2D eigenvalue weighted by molar-refractivity contribution is 0.0699. The van der Waals surface area contributed by atoms with Gasteiger partial charge in [-0.15, -0.1) is 0 Å². The third kappa shape index (κ3) is 4.42. The minimum atomic E-state index is -3.49. The second-order valence-electron chi connectivity index (χ2n) is 7.65. The molecule has 1 amide bonds. The lowest BCUT2D eigenvalue weighted by atomic mass is 10.1. The molecule has 1 fully saturated rings. The lowest BCUT2D eigenvalue weighted by Crippen LogP contribution is -2.50. The Morgan fingerprint density at radius 3 is 2.32 bits per heavy atom. The summed E-state index contributed by atoms with van der Waals surface area (Å²) in [5.74, 6) is -1.01. The molecule has 1 aliphatic heterocycles. The molecule has 0 spiro atoms. The summed E-state index contributed by atoms with van der Waals surface area (Å²) in [6.07, 6.45) is 0. The van der Waals surface area contributed by atoms with Crippen molar-refractivity contribution in [1.29, 1.82) is 0 Å². The number of benzene rings is 2. The fourth-order valence-corrected chi connectivity index (χ4v) is 5.19. The van der Waals surface area contributed by atoms with Crippen molar-refractivity contribution in [2.45, 2.75) is 19.6 Å². The molecule has 162 valence electrons. The number of sulfonamides is 1. The highest BCUT2D eigenvalue weighted by Crippen LogP contribution is 2.22. The number of carbonyl (C=O) groups is 1. The van der Waals surface area contributed by atoms with Crippen molar-refractivity contribution >= 4 is 27.0 Å². The van der Waals surface area contributed by atoms with Gasteiger partial charge < -0.3 is 4.90 Å². The van der Waals surface area contributed by atoms with Crippen molar-refractivity contribution in [1.82, 2.24) is 19.2 Å². The molecule has 1 aliphatic rings. The zero-order chi connectivity index (χ0) is 22.2. The summed E-state index contributed by atoms with van der Waals surface area (Å²) in [4.78, 5) is 23.5. The van der Waals surface area contributed by atoms with Gasteiger partial charge in [-0.25, -0.2) is 22.8 Å². The molecule has 9 heteroatoms. The summed E-state index contributed by atoms with van der Waals surface area (Å²) in [6.45, 7) is 4.40. The normalized spacial score (nSPS) is 15.4. The zero-order valence-corrected chi connectivity index (χ0v) is 18.2. The van der Waals surface area contributed by atoms with Crippen LogP contribution in [0.5, 0.6) is 0 Å². The quantitative estimate of drug-likeness (QED) is 0.620. The first-order valence-corrected chi connectivity index (χ1v) is 11.6. The number of hydrogen-bond acceptors (Lipinski definition) is 5. The molecule has 2 heterocycles. The number of aromatic nitrogens is 2. The number of amides is 1. The third-order valence-corrected chi connectivity index (χ3v) is 7.34. The van der Waals surface area contributed by atoms with Gasteiger partial charge in [0.05, 0.1) is 28.2 Å². The summed E-state index contributed by atoms with van der Waals surface area (Å²) < 4.78 is 41.0. The molecular weight excluding hydrogens is 419 g/mol. The molecule has 0 unspecified atom stereocenters. The van der Waals surface area contributed by atoms with E-state index in [4.69, 9.17) is 0 Å². The average molecular weight is 443 g/mol. The van der Waals surface area contributed by atoms with Crippen LogP contribution >= 0.6 is 0 Å². The highest BCUT2D eigenvalue weighted by molar-refractivity contribution is 7.88. The Hall–Kier alpha value is -2.91. The standard InChI is InChI=1S/C22H23FN4O3S/c1-15-16(2)25-21-19(12-18(23)13-20(21)24-15)22(28)26-8-10-27(11-9-26)31(29,30)14-17-6-4-3-5-7-17/h3-7,12-13H,8-11,14H2,1-2H3. The Bertz CT molecular complexity index is 1240. The van der Waals surface area contributed by atoms with Gasteiger partial charge in [-0.1, -0.05) is 30.3 Å². The van der Waals surface area contributed by atoms with Gasteiger partial charge in [-0.2, -0.15) is 4.31 Å². The summed E-state index contributed by atoms with van der Waals surface area (Å²) in [5, 5.41) is 0. The predicted molar refractivity (Wildman–Crippen MR) is 116 cm³/mol. The van der Waals surface area contributed by atoms with Crippen molar-refractivity contribution in [2.75, 3.05) is 26.2 Å². The average Bonchev–Trinajstić information content (AvgIpc) is 2.74. The Kier molecular flexibility index (Phi) is 5.72. The molecule has 2 aromatic carbocycles. The van der Waals surface area contributed by atoms with Crippen LogP contribution < -0.4 is 0 Å². The number of nitrogens with zero attached hydrogens (tertiary/aromatic N) is 4. The molecule has 1 saturated heterocycles. The minimum Gasteiger partial charge on any atom is -0.336 e. The van der Waals surface area contributed by atoms with E-state index in [9.17, 15) is 17.6 Å². The van der Waals surface area contributed by atoms with Crippen LogP contribution in [0.3, 0.4) is 0 Å². The molecule has 0 bridgehead atoms. The first-order valence-electron chi connectivity index (χ1n) is 10.00. The number of carbonyl (C=O) groups excluding carboxylic acids is 1. The van der Waals surface area contributed by atoms with E-state index in [0.29, 0.717) is 22.4 Å². The molecule has 3 aromatic rings. The fraction of sp³-hybridized carbons (Fsp3) is 0.318. The Labute approximate surface area is 180 Å². The van der Waals surface area contributed by atoms with Crippen molar-refractivity contribution in [3.05, 3.63) is 70.8 Å². The molecule has 0 aliphatic carbocycles. The van der Waals surface area contributed by atoms with Gasteiger partial charge in [0, 0.05) is 32.2 Å². The Morgan fingerprint density at radius 2 is 1.65 bits per heavy atom. The van der Waals surface area contributed by atoms with Gasteiger partial charge in [0.1, 0.15) is 11.3 Å². The molecule has 7 nitrogen and oxygen atoms in total. The molecule has 31 heavy (non-hydrogen) atoms. The van der Waals surface area contributed by atoms with Crippen molar-refractivity contribution in [2.24, 2.45) is 0 Å². The Balaban J connectivity index is 1.52. The van der Waals surface area contributed by atoms with Crippen LogP contribution in [-0.4, -0.2) is 59.7 Å². The lowest BCUT2D eigenvalue weighted by Gasteiger charge is -2.34. The van der Waals surface area contributed by atoms with Gasteiger partial charge in [0.2, 0.25) is 10.0 Å². The van der Waals surface area contributed by atoms with Crippen LogP contribution in [0.25, 0.3) is 11.0 Å². The van der Waals surface area contributed by atoms with Gasteiger partial charge in [-0.05, 0) is 25.5 Å². The monoisotopic (exact) mass is 442 g/mol. The second-order valence-corrected chi connectivity index (χ2v) is 9.62. The van der Waals surface area contributed by atoms with Gasteiger partial charge >= 0.3 is 0 Å². The van der Waals surface area contributed by atoms with E-state index in [1.807, 2.05) is 6.07 Å². The van der Waals surface area contributed by atoms with Crippen molar-refractivity contribution in [3.63, 3.8) is 0 Å². The van der Waals surface area contributed by atoms with Gasteiger partial charge in [0.15, 0.2) is 0 Å². The number of hydrogen-bond donors (Lipinski definition) is 0. The van der Waals surface area contributed by atoms with Gasteiger partial charge in [0.25, 0.3) is 5.91 Å². The molecule has 4 rings (SSSR count). The van der Waals surface area contributed by atoms with E-state index in [-0.39, 0.29) is 43.4 Å². The van der Waals surface area contributed by atoms with E-state index in [1.165, 1.54) is 16.4 Å². The number of rotatable bonds is 4. The van der Waals surface area contributed by atoms with E-state index < -0.39 is 15.8 Å². The summed E-state index contributed by atoms with van der Waals surface area (Å²) >= 11 is 0. The van der Waals surface area contributed by atoms with Crippen LogP contribution in [0.4, 0.5) is 4.39 Å². The summed E-state index contributed by atoms with van der Waals surface area (Å²) in [6, 6.07) is 11.4. The molecule has 0 N–H and O–H groups in total. The van der Waals surface area contributed by atoms with Crippen molar-refractivity contribution < 1.29 is 17.6 Å². The van der Waals surface area contributed by atoms with E-state index >= 15 is 0 Å². The predicted octanol–water partition coefficient (Wildman–Crippen LogP) is 2.67. The molecule has 0 radical (unpaired) electrons. The SMILES string of the molecule is Cc1nc2cc(F)cc(C(=O)N3CCN(S(=O)(=O)Cc4ccccc4)CC3)c2nc1C. The molecule has 1 aromatic heterocycles. The van der Waals surface area contributed by atoms with E-state index in [0.717, 1.165) is 5.56 Å².